The van der Waals surface area contributed by atoms with Crippen LogP contribution in [-0.2, 0) is 0 Å². The lowest BCUT2D eigenvalue weighted by Crippen LogP contribution is -2.37. The average Bonchev–Trinajstić information content (AvgIpc) is 2.11. The molecular formula is C11H26N2. The number of hydrogen-bond donors (Lipinski definition) is 1. The van der Waals surface area contributed by atoms with Crippen molar-refractivity contribution in [1.82, 2.24) is 4.90 Å². The molecule has 1 atom stereocenters. The minimum absolute atomic E-state index is 0.649. The quantitative estimate of drug-likeness (QED) is 0.659. The molecule has 0 fully saturated rings. The van der Waals surface area contributed by atoms with Crippen LogP contribution in [0.3, 0.4) is 0 Å². The van der Waals surface area contributed by atoms with Gasteiger partial charge >= 0.3 is 0 Å². The van der Waals surface area contributed by atoms with E-state index in [2.05, 4.69) is 32.6 Å². The second-order valence-electron chi connectivity index (χ2n) is 4.07. The maximum Gasteiger partial charge on any atom is 0.00385 e. The van der Waals surface area contributed by atoms with Gasteiger partial charge in [-0.1, -0.05) is 20.3 Å². The van der Waals surface area contributed by atoms with Crippen LogP contribution in [0.2, 0.25) is 0 Å². The van der Waals surface area contributed by atoms with Crippen molar-refractivity contribution in [3.05, 3.63) is 0 Å². The number of nitrogens with two attached hydrogens (primary N) is 1. The molecule has 0 aliphatic carbocycles. The Morgan fingerprint density at radius 3 is 2.15 bits per heavy atom. The number of hydrogen-bond acceptors (Lipinski definition) is 2. The van der Waals surface area contributed by atoms with Crippen molar-refractivity contribution < 1.29 is 0 Å². The standard InChI is InChI=1S/C11H26N2/c1-5-7-11(8-12)9-13(6-2)10(3)4/h10-11H,5-9,12H2,1-4H3. The van der Waals surface area contributed by atoms with Gasteiger partial charge in [0.1, 0.15) is 0 Å². The second kappa shape index (κ2) is 7.34. The molecule has 0 aliphatic rings. The van der Waals surface area contributed by atoms with Gasteiger partial charge in [-0.25, -0.2) is 0 Å². The van der Waals surface area contributed by atoms with Crippen molar-refractivity contribution in [2.45, 2.75) is 46.6 Å². The number of rotatable bonds is 7. The molecule has 0 rings (SSSR count). The zero-order chi connectivity index (χ0) is 10.3. The average molecular weight is 186 g/mol. The largest absolute Gasteiger partial charge is 0.330 e. The first-order chi connectivity index (χ1) is 6.15. The first-order valence-corrected chi connectivity index (χ1v) is 5.59. The predicted octanol–water partition coefficient (Wildman–Crippen LogP) is 2.09. The van der Waals surface area contributed by atoms with Crippen LogP contribution in [0.15, 0.2) is 0 Å². The first kappa shape index (κ1) is 12.9. The monoisotopic (exact) mass is 186 g/mol. The van der Waals surface area contributed by atoms with Crippen LogP contribution in [0, 0.1) is 5.92 Å². The van der Waals surface area contributed by atoms with Gasteiger partial charge in [0, 0.05) is 12.6 Å². The van der Waals surface area contributed by atoms with E-state index in [9.17, 15) is 0 Å². The van der Waals surface area contributed by atoms with Crippen LogP contribution in [0.5, 0.6) is 0 Å². The van der Waals surface area contributed by atoms with Gasteiger partial charge < -0.3 is 10.6 Å². The normalized spacial score (nSPS) is 14.1. The fourth-order valence-corrected chi connectivity index (χ4v) is 1.73. The summed E-state index contributed by atoms with van der Waals surface area (Å²) in [6.45, 7) is 12.1. The molecule has 13 heavy (non-hydrogen) atoms. The van der Waals surface area contributed by atoms with Gasteiger partial charge in [-0.2, -0.15) is 0 Å². The lowest BCUT2D eigenvalue weighted by atomic mass is 10.0. The summed E-state index contributed by atoms with van der Waals surface area (Å²) in [5, 5.41) is 0. The van der Waals surface area contributed by atoms with Gasteiger partial charge in [0.2, 0.25) is 0 Å². The van der Waals surface area contributed by atoms with Crippen LogP contribution in [0.4, 0.5) is 0 Å². The molecule has 0 saturated carbocycles. The molecule has 0 aromatic rings. The van der Waals surface area contributed by atoms with Crippen molar-refractivity contribution in [2.24, 2.45) is 11.7 Å². The summed E-state index contributed by atoms with van der Waals surface area (Å²) in [5.41, 5.74) is 5.74. The van der Waals surface area contributed by atoms with E-state index in [0.29, 0.717) is 12.0 Å². The molecule has 0 aliphatic heterocycles. The van der Waals surface area contributed by atoms with Crippen LogP contribution in [0.25, 0.3) is 0 Å². The minimum Gasteiger partial charge on any atom is -0.330 e. The predicted molar refractivity (Wildman–Crippen MR) is 59.8 cm³/mol. The molecule has 0 amide bonds. The summed E-state index contributed by atoms with van der Waals surface area (Å²) in [7, 11) is 0. The summed E-state index contributed by atoms with van der Waals surface area (Å²) in [6, 6.07) is 0.649. The van der Waals surface area contributed by atoms with E-state index in [4.69, 9.17) is 5.73 Å². The Morgan fingerprint density at radius 2 is 1.85 bits per heavy atom. The van der Waals surface area contributed by atoms with Gasteiger partial charge in [0.25, 0.3) is 0 Å². The lowest BCUT2D eigenvalue weighted by Gasteiger charge is -2.28. The van der Waals surface area contributed by atoms with E-state index in [-0.39, 0.29) is 0 Å². The van der Waals surface area contributed by atoms with Crippen LogP contribution >= 0.6 is 0 Å². The van der Waals surface area contributed by atoms with E-state index in [1.807, 2.05) is 0 Å². The molecule has 0 aromatic carbocycles. The van der Waals surface area contributed by atoms with E-state index in [1.165, 1.54) is 19.4 Å². The van der Waals surface area contributed by atoms with Crippen molar-refractivity contribution in [3.63, 3.8) is 0 Å². The molecule has 2 heteroatoms. The highest BCUT2D eigenvalue weighted by atomic mass is 15.1. The highest BCUT2D eigenvalue weighted by molar-refractivity contribution is 4.68. The van der Waals surface area contributed by atoms with Gasteiger partial charge in [-0.3, -0.25) is 0 Å². The Morgan fingerprint density at radius 1 is 1.23 bits per heavy atom. The Hall–Kier alpha value is -0.0800. The maximum absolute atomic E-state index is 5.74. The van der Waals surface area contributed by atoms with Crippen molar-refractivity contribution in [2.75, 3.05) is 19.6 Å². The lowest BCUT2D eigenvalue weighted by molar-refractivity contribution is 0.193. The van der Waals surface area contributed by atoms with E-state index >= 15 is 0 Å². The minimum atomic E-state index is 0.649. The van der Waals surface area contributed by atoms with Gasteiger partial charge in [0.05, 0.1) is 0 Å². The van der Waals surface area contributed by atoms with Gasteiger partial charge in [-0.15, -0.1) is 0 Å². The molecule has 2 N–H and O–H groups in total. The molecule has 80 valence electrons. The molecule has 0 bridgehead atoms. The Balaban J connectivity index is 3.87. The third kappa shape index (κ3) is 5.27. The Bertz CT molecular complexity index is 113. The summed E-state index contributed by atoms with van der Waals surface area (Å²) in [4.78, 5) is 2.49. The molecular weight excluding hydrogens is 160 g/mol. The summed E-state index contributed by atoms with van der Waals surface area (Å²) >= 11 is 0. The fraction of sp³-hybridized carbons (Fsp3) is 1.00. The highest BCUT2D eigenvalue weighted by Crippen LogP contribution is 2.09. The Kier molecular flexibility index (Phi) is 7.29. The molecule has 0 heterocycles. The molecule has 2 nitrogen and oxygen atoms in total. The Labute approximate surface area is 83.5 Å². The van der Waals surface area contributed by atoms with E-state index in [1.54, 1.807) is 0 Å². The van der Waals surface area contributed by atoms with Crippen molar-refractivity contribution in [1.29, 1.82) is 0 Å². The summed E-state index contributed by atoms with van der Waals surface area (Å²) in [5.74, 6) is 0.687. The van der Waals surface area contributed by atoms with E-state index < -0.39 is 0 Å². The number of nitrogens with zero attached hydrogens (tertiary/aromatic N) is 1. The van der Waals surface area contributed by atoms with Crippen molar-refractivity contribution in [3.8, 4) is 0 Å². The third-order valence-electron chi connectivity index (χ3n) is 2.66. The van der Waals surface area contributed by atoms with Crippen LogP contribution in [-0.4, -0.2) is 30.6 Å². The maximum atomic E-state index is 5.74. The van der Waals surface area contributed by atoms with Crippen molar-refractivity contribution >= 4 is 0 Å². The van der Waals surface area contributed by atoms with Gasteiger partial charge in [-0.05, 0) is 39.3 Å². The zero-order valence-electron chi connectivity index (χ0n) is 9.71. The topological polar surface area (TPSA) is 29.3 Å². The highest BCUT2D eigenvalue weighted by Gasteiger charge is 2.12. The SMILES string of the molecule is CCCC(CN)CN(CC)C(C)C. The fourth-order valence-electron chi connectivity index (χ4n) is 1.73. The molecule has 0 aromatic heterocycles. The molecule has 0 saturated heterocycles. The first-order valence-electron chi connectivity index (χ1n) is 5.59. The molecule has 0 spiro atoms. The van der Waals surface area contributed by atoms with E-state index in [0.717, 1.165) is 13.1 Å². The molecule has 1 unspecified atom stereocenters. The zero-order valence-corrected chi connectivity index (χ0v) is 9.71. The van der Waals surface area contributed by atoms with Gasteiger partial charge in [0.15, 0.2) is 0 Å². The second-order valence-corrected chi connectivity index (χ2v) is 4.07. The molecule has 0 radical (unpaired) electrons. The summed E-state index contributed by atoms with van der Waals surface area (Å²) < 4.78 is 0. The smallest absolute Gasteiger partial charge is 0.00385 e. The third-order valence-corrected chi connectivity index (χ3v) is 2.66. The van der Waals surface area contributed by atoms with Crippen LogP contribution in [0.1, 0.15) is 40.5 Å². The van der Waals surface area contributed by atoms with Crippen LogP contribution < -0.4 is 5.73 Å². The summed E-state index contributed by atoms with van der Waals surface area (Å²) in [6.07, 6.45) is 2.51.